The fraction of sp³-hybridized carbons (Fsp3) is 0.238. The predicted molar refractivity (Wildman–Crippen MR) is 115 cm³/mol. The van der Waals surface area contributed by atoms with Gasteiger partial charge in [0, 0.05) is 21.5 Å². The van der Waals surface area contributed by atoms with E-state index < -0.39 is 0 Å². The topological polar surface area (TPSA) is 59.0 Å². The molecule has 2 N–H and O–H groups in total. The number of carbonyl (C=O) groups is 1. The van der Waals surface area contributed by atoms with Crippen LogP contribution in [0, 0.1) is 0 Å². The second-order valence-corrected chi connectivity index (χ2v) is 8.73. The third-order valence-corrected chi connectivity index (χ3v) is 6.51. The summed E-state index contributed by atoms with van der Waals surface area (Å²) in [6.07, 6.45) is 3.31. The van der Waals surface area contributed by atoms with Crippen LogP contribution in [-0.2, 0) is 0 Å². The largest absolute Gasteiger partial charge is 0.297 e. The number of rotatable bonds is 4. The first-order valence-corrected chi connectivity index (χ1v) is 10.5. The highest BCUT2D eigenvalue weighted by Crippen LogP contribution is 2.54. The Hall–Kier alpha value is -2.21. The molecule has 1 aromatic heterocycles. The van der Waals surface area contributed by atoms with Gasteiger partial charge in [0.25, 0.3) is 5.91 Å². The summed E-state index contributed by atoms with van der Waals surface area (Å²) in [5.74, 6) is 0.543. The summed E-state index contributed by atoms with van der Waals surface area (Å²) in [6.45, 7) is 0. The molecule has 2 aliphatic carbocycles. The lowest BCUT2D eigenvalue weighted by Gasteiger charge is -2.14. The van der Waals surface area contributed by atoms with Gasteiger partial charge in [-0.15, -0.1) is 0 Å². The molecule has 148 valence electrons. The van der Waals surface area contributed by atoms with Crippen molar-refractivity contribution in [3.05, 3.63) is 74.5 Å². The van der Waals surface area contributed by atoms with E-state index in [2.05, 4.69) is 16.0 Å². The van der Waals surface area contributed by atoms with Crippen LogP contribution in [0.4, 0.5) is 5.69 Å². The molecular weight excluding hydrogens is 431 g/mol. The molecule has 0 spiro atoms. The molecule has 3 aromatic rings. The minimum atomic E-state index is -0.285. The Morgan fingerprint density at radius 3 is 2.48 bits per heavy atom. The van der Waals surface area contributed by atoms with Crippen molar-refractivity contribution in [3.8, 4) is 5.69 Å². The summed E-state index contributed by atoms with van der Waals surface area (Å²) in [6, 6.07) is 12.6. The maximum Gasteiger partial charge on any atom is 0.290 e. The molecule has 2 aliphatic rings. The lowest BCUT2D eigenvalue weighted by Crippen LogP contribution is -2.30. The number of carbonyl (C=O) groups excluding carboxylic acids is 1. The maximum absolute atomic E-state index is 13.0. The van der Waals surface area contributed by atoms with Gasteiger partial charge >= 0.3 is 0 Å². The Morgan fingerprint density at radius 1 is 1.00 bits per heavy atom. The Labute approximate surface area is 182 Å². The van der Waals surface area contributed by atoms with Crippen LogP contribution < -0.4 is 10.9 Å². The molecular formula is C21H17Cl3N4O. The van der Waals surface area contributed by atoms with E-state index in [1.165, 1.54) is 0 Å². The van der Waals surface area contributed by atoms with Crippen LogP contribution in [0.2, 0.25) is 15.1 Å². The number of amides is 1. The molecule has 29 heavy (non-hydrogen) atoms. The highest BCUT2D eigenvalue weighted by atomic mass is 35.5. The van der Waals surface area contributed by atoms with Gasteiger partial charge in [0.15, 0.2) is 5.69 Å². The van der Waals surface area contributed by atoms with Crippen LogP contribution in [0.5, 0.6) is 0 Å². The summed E-state index contributed by atoms with van der Waals surface area (Å²) >= 11 is 18.1. The molecule has 0 aliphatic heterocycles. The number of benzene rings is 2. The monoisotopic (exact) mass is 446 g/mol. The molecule has 1 amide bonds. The maximum atomic E-state index is 13.0. The Bertz CT molecular complexity index is 1110. The van der Waals surface area contributed by atoms with E-state index in [1.807, 2.05) is 28.9 Å². The molecule has 1 fully saturated rings. The SMILES string of the molecule is O=C(NNc1ccc(Cl)cc1Cl)c1nn(-c2ccc(Cl)cc2)c2c1C1CCC2C1. The summed E-state index contributed by atoms with van der Waals surface area (Å²) in [4.78, 5) is 13.0. The van der Waals surface area contributed by atoms with E-state index in [9.17, 15) is 4.79 Å². The van der Waals surface area contributed by atoms with Crippen molar-refractivity contribution in [2.75, 3.05) is 5.43 Å². The van der Waals surface area contributed by atoms with Gasteiger partial charge in [-0.2, -0.15) is 5.10 Å². The molecule has 0 saturated heterocycles. The van der Waals surface area contributed by atoms with Gasteiger partial charge in [-0.25, -0.2) is 4.68 Å². The number of nitrogens with zero attached hydrogens (tertiary/aromatic N) is 2. The first-order chi connectivity index (χ1) is 14.0. The smallest absolute Gasteiger partial charge is 0.290 e. The predicted octanol–water partition coefficient (Wildman–Crippen LogP) is 5.95. The number of anilines is 1. The van der Waals surface area contributed by atoms with Crippen molar-refractivity contribution in [2.45, 2.75) is 31.1 Å². The Kier molecular flexibility index (Phi) is 4.69. The van der Waals surface area contributed by atoms with Crippen molar-refractivity contribution in [1.82, 2.24) is 15.2 Å². The molecule has 1 saturated carbocycles. The fourth-order valence-corrected chi connectivity index (χ4v) is 5.03. The van der Waals surface area contributed by atoms with Gasteiger partial charge < -0.3 is 0 Å². The molecule has 0 radical (unpaired) electrons. The quantitative estimate of drug-likeness (QED) is 0.486. The van der Waals surface area contributed by atoms with Crippen LogP contribution in [0.1, 0.15) is 52.8 Å². The number of halogens is 3. The zero-order valence-corrected chi connectivity index (χ0v) is 17.5. The lowest BCUT2D eigenvalue weighted by molar-refractivity contribution is 0.0956. The van der Waals surface area contributed by atoms with Crippen LogP contribution in [0.15, 0.2) is 42.5 Å². The highest BCUT2D eigenvalue weighted by molar-refractivity contribution is 6.36. The second kappa shape index (κ2) is 7.24. The number of hydrogen-bond acceptors (Lipinski definition) is 3. The van der Waals surface area contributed by atoms with Crippen LogP contribution in [0.25, 0.3) is 5.69 Å². The minimum absolute atomic E-state index is 0.285. The standard InChI is InChI=1S/C21H17Cl3N4O/c22-13-3-6-15(7-4-13)28-20-12-2-1-11(9-12)18(20)19(27-28)21(29)26-25-17-8-5-14(23)10-16(17)24/h3-8,10-12,25H,1-2,9H2,(H,26,29). The van der Waals surface area contributed by atoms with Crippen molar-refractivity contribution >= 4 is 46.4 Å². The van der Waals surface area contributed by atoms with E-state index in [-0.39, 0.29) is 5.91 Å². The van der Waals surface area contributed by atoms with Crippen LogP contribution >= 0.6 is 34.8 Å². The Balaban J connectivity index is 1.47. The molecule has 1 heterocycles. The van der Waals surface area contributed by atoms with E-state index in [1.54, 1.807) is 18.2 Å². The molecule has 5 rings (SSSR count). The first kappa shape index (κ1) is 18.8. The average Bonchev–Trinajstić information content (AvgIpc) is 3.40. The number of nitrogens with one attached hydrogen (secondary N) is 2. The molecule has 8 heteroatoms. The van der Waals surface area contributed by atoms with Gasteiger partial charge in [-0.3, -0.25) is 15.6 Å². The molecule has 2 bridgehead atoms. The van der Waals surface area contributed by atoms with Crippen molar-refractivity contribution in [1.29, 1.82) is 0 Å². The molecule has 5 nitrogen and oxygen atoms in total. The molecule has 2 aromatic carbocycles. The first-order valence-electron chi connectivity index (χ1n) is 9.41. The normalized spacial score (nSPS) is 19.3. The third kappa shape index (κ3) is 3.27. The average molecular weight is 448 g/mol. The molecule has 2 unspecified atom stereocenters. The van der Waals surface area contributed by atoms with E-state index in [0.29, 0.717) is 38.3 Å². The zero-order valence-electron chi connectivity index (χ0n) is 15.3. The van der Waals surface area contributed by atoms with Gasteiger partial charge in [-0.1, -0.05) is 34.8 Å². The van der Waals surface area contributed by atoms with Crippen molar-refractivity contribution in [2.24, 2.45) is 0 Å². The van der Waals surface area contributed by atoms with Crippen molar-refractivity contribution < 1.29 is 4.79 Å². The highest BCUT2D eigenvalue weighted by Gasteiger charge is 2.44. The second-order valence-electron chi connectivity index (χ2n) is 7.45. The third-order valence-electron chi connectivity index (χ3n) is 5.71. The van der Waals surface area contributed by atoms with Gasteiger partial charge in [0.05, 0.1) is 22.1 Å². The van der Waals surface area contributed by atoms with Gasteiger partial charge in [0.2, 0.25) is 0 Å². The van der Waals surface area contributed by atoms with E-state index >= 15 is 0 Å². The van der Waals surface area contributed by atoms with Crippen LogP contribution in [-0.4, -0.2) is 15.7 Å². The minimum Gasteiger partial charge on any atom is -0.297 e. The summed E-state index contributed by atoms with van der Waals surface area (Å²) in [5.41, 5.74) is 9.75. The molecule has 2 atom stereocenters. The number of fused-ring (bicyclic) bond motifs is 5. The number of hydrogen-bond donors (Lipinski definition) is 2. The van der Waals surface area contributed by atoms with Crippen molar-refractivity contribution in [3.63, 3.8) is 0 Å². The number of hydrazine groups is 1. The zero-order chi connectivity index (χ0) is 20.1. The fourth-order valence-electron chi connectivity index (χ4n) is 4.45. The summed E-state index contributed by atoms with van der Waals surface area (Å²) < 4.78 is 1.90. The summed E-state index contributed by atoms with van der Waals surface area (Å²) in [7, 11) is 0. The lowest BCUT2D eigenvalue weighted by atomic mass is 9.95. The van der Waals surface area contributed by atoms with E-state index in [4.69, 9.17) is 34.8 Å². The van der Waals surface area contributed by atoms with Crippen LogP contribution in [0.3, 0.4) is 0 Å². The Morgan fingerprint density at radius 2 is 1.72 bits per heavy atom. The summed E-state index contributed by atoms with van der Waals surface area (Å²) in [5, 5.41) is 6.31. The van der Waals surface area contributed by atoms with Gasteiger partial charge in [-0.05, 0) is 67.6 Å². The number of aromatic nitrogens is 2. The van der Waals surface area contributed by atoms with Gasteiger partial charge in [0.1, 0.15) is 0 Å². The van der Waals surface area contributed by atoms with E-state index in [0.717, 1.165) is 36.2 Å².